The number of nitrogens with zero attached hydrogens (tertiary/aromatic N) is 6. The standard InChI is InChI=1S/C16H20N6OS/c1-4-5-6-14-17-15(23-19-14)12(3)24-16-18-20-21-22(16)13-9-7-11(2)8-10-13/h7-10,12H,4-6H2,1-3H3. The van der Waals surface area contributed by atoms with E-state index in [4.69, 9.17) is 4.52 Å². The van der Waals surface area contributed by atoms with Crippen LogP contribution in [0.2, 0.25) is 0 Å². The molecule has 0 aliphatic carbocycles. The summed E-state index contributed by atoms with van der Waals surface area (Å²) in [6.45, 7) is 6.20. The van der Waals surface area contributed by atoms with Gasteiger partial charge in [0.1, 0.15) is 0 Å². The third-order valence-electron chi connectivity index (χ3n) is 3.59. The van der Waals surface area contributed by atoms with Crippen LogP contribution in [0.4, 0.5) is 0 Å². The third kappa shape index (κ3) is 3.81. The van der Waals surface area contributed by atoms with E-state index in [0.29, 0.717) is 11.0 Å². The molecule has 8 heteroatoms. The number of hydrogen-bond acceptors (Lipinski definition) is 7. The van der Waals surface area contributed by atoms with Crippen molar-refractivity contribution in [3.8, 4) is 5.69 Å². The van der Waals surface area contributed by atoms with E-state index in [1.165, 1.54) is 17.3 Å². The Morgan fingerprint density at radius 1 is 1.25 bits per heavy atom. The van der Waals surface area contributed by atoms with Crippen LogP contribution in [0.3, 0.4) is 0 Å². The lowest BCUT2D eigenvalue weighted by Gasteiger charge is -2.07. The van der Waals surface area contributed by atoms with Gasteiger partial charge in [-0.05, 0) is 42.8 Å². The largest absolute Gasteiger partial charge is 0.338 e. The fourth-order valence-corrected chi connectivity index (χ4v) is 3.02. The zero-order valence-electron chi connectivity index (χ0n) is 14.0. The molecule has 0 bridgehead atoms. The van der Waals surface area contributed by atoms with E-state index in [1.807, 2.05) is 38.1 Å². The molecule has 0 aliphatic heterocycles. The smallest absolute Gasteiger partial charge is 0.239 e. The van der Waals surface area contributed by atoms with E-state index in [-0.39, 0.29) is 5.25 Å². The molecule has 3 aromatic rings. The van der Waals surface area contributed by atoms with E-state index >= 15 is 0 Å². The summed E-state index contributed by atoms with van der Waals surface area (Å²) in [6.07, 6.45) is 3.02. The summed E-state index contributed by atoms with van der Waals surface area (Å²) in [6, 6.07) is 8.06. The molecule has 0 amide bonds. The van der Waals surface area contributed by atoms with Gasteiger partial charge in [0, 0.05) is 6.42 Å². The van der Waals surface area contributed by atoms with Crippen LogP contribution < -0.4 is 0 Å². The first-order valence-electron chi connectivity index (χ1n) is 8.02. The molecule has 0 aliphatic rings. The van der Waals surface area contributed by atoms with Crippen LogP contribution in [0.5, 0.6) is 0 Å². The Morgan fingerprint density at radius 3 is 2.79 bits per heavy atom. The second-order valence-electron chi connectivity index (χ2n) is 5.62. The number of aromatic nitrogens is 6. The highest BCUT2D eigenvalue weighted by Gasteiger charge is 2.19. The highest BCUT2D eigenvalue weighted by molar-refractivity contribution is 7.99. The molecular formula is C16H20N6OS. The van der Waals surface area contributed by atoms with Gasteiger partial charge in [0.05, 0.1) is 10.9 Å². The molecule has 0 N–H and O–H groups in total. The fourth-order valence-electron chi connectivity index (χ4n) is 2.18. The number of rotatable bonds is 7. The number of thioether (sulfide) groups is 1. The van der Waals surface area contributed by atoms with Crippen molar-refractivity contribution in [3.05, 3.63) is 41.5 Å². The highest BCUT2D eigenvalue weighted by atomic mass is 32.2. The molecule has 0 saturated carbocycles. The first-order chi connectivity index (χ1) is 11.7. The molecule has 1 atom stereocenters. The Morgan fingerprint density at radius 2 is 2.04 bits per heavy atom. The predicted molar refractivity (Wildman–Crippen MR) is 91.1 cm³/mol. The Hall–Kier alpha value is -2.22. The van der Waals surface area contributed by atoms with Crippen LogP contribution in [0.1, 0.15) is 49.2 Å². The zero-order chi connectivity index (χ0) is 16.9. The quantitative estimate of drug-likeness (QED) is 0.606. The highest BCUT2D eigenvalue weighted by Crippen LogP contribution is 2.33. The first kappa shape index (κ1) is 16.6. The Bertz CT molecular complexity index is 782. The third-order valence-corrected chi connectivity index (χ3v) is 4.61. The summed E-state index contributed by atoms with van der Waals surface area (Å²) in [5.41, 5.74) is 2.12. The van der Waals surface area contributed by atoms with Gasteiger partial charge in [-0.3, -0.25) is 0 Å². The second kappa shape index (κ2) is 7.57. The van der Waals surface area contributed by atoms with Crippen LogP contribution in [0.25, 0.3) is 5.69 Å². The molecule has 2 aromatic heterocycles. The molecule has 0 radical (unpaired) electrons. The van der Waals surface area contributed by atoms with Gasteiger partial charge in [0.15, 0.2) is 5.82 Å². The molecule has 1 aromatic carbocycles. The van der Waals surface area contributed by atoms with Gasteiger partial charge in [-0.2, -0.15) is 9.67 Å². The van der Waals surface area contributed by atoms with Crippen molar-refractivity contribution in [2.24, 2.45) is 0 Å². The van der Waals surface area contributed by atoms with Gasteiger partial charge in [-0.15, -0.1) is 5.10 Å². The van der Waals surface area contributed by atoms with Gasteiger partial charge in [-0.1, -0.05) is 48.0 Å². The Balaban J connectivity index is 1.73. The Labute approximate surface area is 144 Å². The normalized spacial score (nSPS) is 12.5. The van der Waals surface area contributed by atoms with Gasteiger partial charge >= 0.3 is 0 Å². The number of tetrazole rings is 1. The van der Waals surface area contributed by atoms with Crippen LogP contribution in [0.15, 0.2) is 33.9 Å². The minimum absolute atomic E-state index is 0.0249. The van der Waals surface area contributed by atoms with Crippen LogP contribution in [0, 0.1) is 6.92 Å². The number of benzene rings is 1. The molecule has 126 valence electrons. The lowest BCUT2D eigenvalue weighted by atomic mass is 10.2. The Kier molecular flexibility index (Phi) is 5.24. The van der Waals surface area contributed by atoms with E-state index in [0.717, 1.165) is 30.8 Å². The summed E-state index contributed by atoms with van der Waals surface area (Å²) in [7, 11) is 0. The number of hydrogen-bond donors (Lipinski definition) is 0. The maximum absolute atomic E-state index is 5.37. The van der Waals surface area contributed by atoms with Crippen molar-refractivity contribution in [1.29, 1.82) is 0 Å². The lowest BCUT2D eigenvalue weighted by molar-refractivity contribution is 0.374. The zero-order valence-corrected chi connectivity index (χ0v) is 14.8. The van der Waals surface area contributed by atoms with E-state index in [1.54, 1.807) is 4.68 Å². The van der Waals surface area contributed by atoms with Crippen molar-refractivity contribution < 1.29 is 4.52 Å². The van der Waals surface area contributed by atoms with E-state index < -0.39 is 0 Å². The van der Waals surface area contributed by atoms with Gasteiger partial charge in [0.25, 0.3) is 0 Å². The molecule has 1 unspecified atom stereocenters. The van der Waals surface area contributed by atoms with Crippen molar-refractivity contribution in [2.75, 3.05) is 0 Å². The van der Waals surface area contributed by atoms with Crippen LogP contribution in [-0.2, 0) is 6.42 Å². The van der Waals surface area contributed by atoms with Gasteiger partial charge in [0.2, 0.25) is 11.0 Å². The van der Waals surface area contributed by atoms with Crippen molar-refractivity contribution in [2.45, 2.75) is 50.4 Å². The maximum Gasteiger partial charge on any atom is 0.239 e. The monoisotopic (exact) mass is 344 g/mol. The fraction of sp³-hybridized carbons (Fsp3) is 0.438. The summed E-state index contributed by atoms with van der Waals surface area (Å²) in [4.78, 5) is 4.47. The molecule has 3 rings (SSSR count). The first-order valence-corrected chi connectivity index (χ1v) is 8.90. The maximum atomic E-state index is 5.37. The lowest BCUT2D eigenvalue weighted by Crippen LogP contribution is -2.00. The molecule has 7 nitrogen and oxygen atoms in total. The SMILES string of the molecule is CCCCc1noc(C(C)Sc2nnnn2-c2ccc(C)cc2)n1. The molecule has 0 spiro atoms. The minimum Gasteiger partial charge on any atom is -0.338 e. The average molecular weight is 344 g/mol. The van der Waals surface area contributed by atoms with Gasteiger partial charge in [-0.25, -0.2) is 0 Å². The van der Waals surface area contributed by atoms with Crippen molar-refractivity contribution in [1.82, 2.24) is 30.3 Å². The summed E-state index contributed by atoms with van der Waals surface area (Å²) < 4.78 is 7.09. The summed E-state index contributed by atoms with van der Waals surface area (Å²) in [5.74, 6) is 1.36. The van der Waals surface area contributed by atoms with Crippen molar-refractivity contribution >= 4 is 11.8 Å². The van der Waals surface area contributed by atoms with Gasteiger partial charge < -0.3 is 4.52 Å². The minimum atomic E-state index is -0.0249. The van der Waals surface area contributed by atoms with E-state index in [9.17, 15) is 0 Å². The topological polar surface area (TPSA) is 82.5 Å². The molecular weight excluding hydrogens is 324 g/mol. The average Bonchev–Trinajstić information content (AvgIpc) is 3.23. The molecule has 24 heavy (non-hydrogen) atoms. The van der Waals surface area contributed by atoms with E-state index in [2.05, 4.69) is 32.6 Å². The predicted octanol–water partition coefficient (Wildman–Crippen LogP) is 3.55. The molecule has 2 heterocycles. The summed E-state index contributed by atoms with van der Waals surface area (Å²) >= 11 is 1.50. The molecule has 0 fully saturated rings. The van der Waals surface area contributed by atoms with Crippen LogP contribution >= 0.6 is 11.8 Å². The molecule has 0 saturated heterocycles. The van der Waals surface area contributed by atoms with Crippen molar-refractivity contribution in [3.63, 3.8) is 0 Å². The number of aryl methyl sites for hydroxylation is 2. The second-order valence-corrected chi connectivity index (χ2v) is 6.93. The number of unbranched alkanes of at least 4 members (excludes halogenated alkanes) is 1. The summed E-state index contributed by atoms with van der Waals surface area (Å²) in [5, 5.41) is 16.7. The van der Waals surface area contributed by atoms with Crippen LogP contribution in [-0.4, -0.2) is 30.3 Å².